The number of amides is 2. The van der Waals surface area contributed by atoms with Crippen molar-refractivity contribution in [2.45, 2.75) is 6.92 Å². The first-order valence-electron chi connectivity index (χ1n) is 10.2. The first kappa shape index (κ1) is 21.5. The summed E-state index contributed by atoms with van der Waals surface area (Å²) in [5.41, 5.74) is 10.1. The molecular formula is C25H22N6O2. The van der Waals surface area contributed by atoms with E-state index in [9.17, 15) is 9.59 Å². The number of carbonyl (C=O) groups excluding carboxylic acids is 2. The van der Waals surface area contributed by atoms with Gasteiger partial charge in [0.1, 0.15) is 5.82 Å². The minimum atomic E-state index is -0.239. The summed E-state index contributed by atoms with van der Waals surface area (Å²) in [7, 11) is 0. The average molecular weight is 438 g/mol. The maximum absolute atomic E-state index is 12.4. The fourth-order valence-corrected chi connectivity index (χ4v) is 3.25. The molecule has 33 heavy (non-hydrogen) atoms. The smallest absolute Gasteiger partial charge is 0.255 e. The standard InChI is InChI=1S/C25H22N6O2/c1-2-16(9-12-26)24(32)28-19-5-3-17(4-6-19)23-30-21-8-7-20(15-22(21)31-23)29-25(33)18-10-13-27-14-11-18/h2-15H,26H2,1H3,(H,28,32)(H,29,33)(H,30,31)/b12-9-,16-2+. The predicted octanol–water partition coefficient (Wildman–Crippen LogP) is 4.23. The van der Waals surface area contributed by atoms with Crippen molar-refractivity contribution in [2.75, 3.05) is 10.6 Å². The molecule has 164 valence electrons. The molecule has 2 aromatic carbocycles. The molecule has 0 atom stereocenters. The van der Waals surface area contributed by atoms with Gasteiger partial charge in [-0.15, -0.1) is 0 Å². The van der Waals surface area contributed by atoms with Crippen molar-refractivity contribution >= 4 is 34.2 Å². The first-order chi connectivity index (χ1) is 16.1. The van der Waals surface area contributed by atoms with E-state index >= 15 is 0 Å². The molecule has 0 unspecified atom stereocenters. The summed E-state index contributed by atoms with van der Waals surface area (Å²) in [4.78, 5) is 36.5. The van der Waals surface area contributed by atoms with Gasteiger partial charge in [-0.1, -0.05) is 6.08 Å². The summed E-state index contributed by atoms with van der Waals surface area (Å²) < 4.78 is 0. The Kier molecular flexibility index (Phi) is 6.26. The first-order valence-corrected chi connectivity index (χ1v) is 10.2. The van der Waals surface area contributed by atoms with Gasteiger partial charge < -0.3 is 21.4 Å². The fraction of sp³-hybridized carbons (Fsp3) is 0.0400. The van der Waals surface area contributed by atoms with Gasteiger partial charge in [-0.05, 0) is 73.8 Å². The molecule has 4 aromatic rings. The summed E-state index contributed by atoms with van der Waals surface area (Å²) in [6.45, 7) is 1.77. The van der Waals surface area contributed by atoms with E-state index in [0.29, 0.717) is 28.3 Å². The van der Waals surface area contributed by atoms with E-state index in [1.54, 1.807) is 61.8 Å². The van der Waals surface area contributed by atoms with Crippen LogP contribution in [0.25, 0.3) is 22.4 Å². The van der Waals surface area contributed by atoms with E-state index < -0.39 is 0 Å². The molecule has 4 rings (SSSR count). The Morgan fingerprint density at radius 2 is 1.70 bits per heavy atom. The van der Waals surface area contributed by atoms with Crippen molar-refractivity contribution < 1.29 is 9.59 Å². The number of carbonyl (C=O) groups is 2. The number of allylic oxidation sites excluding steroid dienone is 1. The summed E-state index contributed by atoms with van der Waals surface area (Å²) in [5.74, 6) is 0.231. The number of rotatable bonds is 6. The Balaban J connectivity index is 1.49. The normalized spacial score (nSPS) is 11.6. The minimum absolute atomic E-state index is 0.211. The SMILES string of the molecule is C/C=C(\C=C/N)C(=O)Nc1ccc(-c2nc3ccc(NC(=O)c4ccncc4)cc3[nH]2)cc1. The van der Waals surface area contributed by atoms with Crippen LogP contribution in [0.1, 0.15) is 17.3 Å². The highest BCUT2D eigenvalue weighted by Crippen LogP contribution is 2.24. The number of nitrogens with one attached hydrogen (secondary N) is 3. The number of hydrogen-bond donors (Lipinski definition) is 4. The zero-order valence-electron chi connectivity index (χ0n) is 17.9. The largest absolute Gasteiger partial charge is 0.405 e. The van der Waals surface area contributed by atoms with Crippen molar-refractivity contribution in [2.24, 2.45) is 5.73 Å². The number of imidazole rings is 1. The molecule has 5 N–H and O–H groups in total. The van der Waals surface area contributed by atoms with Crippen LogP contribution in [0.5, 0.6) is 0 Å². The number of nitrogens with zero attached hydrogens (tertiary/aromatic N) is 2. The van der Waals surface area contributed by atoms with Crippen LogP contribution in [0.2, 0.25) is 0 Å². The van der Waals surface area contributed by atoms with Gasteiger partial charge in [0, 0.05) is 40.5 Å². The van der Waals surface area contributed by atoms with E-state index in [-0.39, 0.29) is 11.8 Å². The van der Waals surface area contributed by atoms with Crippen LogP contribution < -0.4 is 16.4 Å². The third-order valence-corrected chi connectivity index (χ3v) is 4.95. The second-order valence-electron chi connectivity index (χ2n) is 7.14. The number of nitrogens with two attached hydrogens (primary N) is 1. The molecule has 2 amide bonds. The number of anilines is 2. The van der Waals surface area contributed by atoms with Crippen LogP contribution in [-0.2, 0) is 4.79 Å². The third kappa shape index (κ3) is 4.96. The highest BCUT2D eigenvalue weighted by Gasteiger charge is 2.10. The van der Waals surface area contributed by atoms with Gasteiger partial charge in [-0.25, -0.2) is 4.98 Å². The molecule has 0 aliphatic carbocycles. The molecular weight excluding hydrogens is 416 g/mol. The van der Waals surface area contributed by atoms with Crippen LogP contribution in [0.4, 0.5) is 11.4 Å². The lowest BCUT2D eigenvalue weighted by atomic mass is 10.2. The zero-order chi connectivity index (χ0) is 23.2. The maximum atomic E-state index is 12.4. The molecule has 0 fully saturated rings. The van der Waals surface area contributed by atoms with Crippen molar-refractivity contribution in [3.63, 3.8) is 0 Å². The van der Waals surface area contributed by atoms with Crippen LogP contribution in [0.15, 0.2) is 90.9 Å². The summed E-state index contributed by atoms with van der Waals surface area (Å²) in [6.07, 6.45) is 7.72. The summed E-state index contributed by atoms with van der Waals surface area (Å²) >= 11 is 0. The highest BCUT2D eigenvalue weighted by molar-refractivity contribution is 6.06. The summed E-state index contributed by atoms with van der Waals surface area (Å²) in [6, 6.07) is 16.1. The molecule has 0 saturated carbocycles. The number of aromatic nitrogens is 3. The van der Waals surface area contributed by atoms with E-state index in [0.717, 1.165) is 16.6 Å². The molecule has 0 radical (unpaired) electrons. The van der Waals surface area contributed by atoms with Crippen molar-refractivity contribution in [3.8, 4) is 11.4 Å². The number of H-pyrrole nitrogens is 1. The van der Waals surface area contributed by atoms with Crippen molar-refractivity contribution in [3.05, 3.63) is 96.5 Å². The highest BCUT2D eigenvalue weighted by atomic mass is 16.2. The van der Waals surface area contributed by atoms with Crippen LogP contribution >= 0.6 is 0 Å². The van der Waals surface area contributed by atoms with E-state index in [1.165, 1.54) is 6.20 Å². The molecule has 0 aliphatic heterocycles. The molecule has 0 saturated heterocycles. The van der Waals surface area contributed by atoms with Crippen LogP contribution in [0, 0.1) is 0 Å². The number of hydrogen-bond acceptors (Lipinski definition) is 5. The van der Waals surface area contributed by atoms with Crippen molar-refractivity contribution in [1.29, 1.82) is 0 Å². The molecule has 2 aromatic heterocycles. The van der Waals surface area contributed by atoms with Gasteiger partial charge in [0.15, 0.2) is 0 Å². The van der Waals surface area contributed by atoms with Crippen LogP contribution in [0.3, 0.4) is 0 Å². The topological polar surface area (TPSA) is 126 Å². The van der Waals surface area contributed by atoms with Gasteiger partial charge in [0.2, 0.25) is 0 Å². The monoisotopic (exact) mass is 438 g/mol. The third-order valence-electron chi connectivity index (χ3n) is 4.95. The maximum Gasteiger partial charge on any atom is 0.255 e. The Labute approximate surface area is 190 Å². The number of benzene rings is 2. The number of fused-ring (bicyclic) bond motifs is 1. The molecule has 0 bridgehead atoms. The number of pyridine rings is 1. The molecule has 2 heterocycles. The lowest BCUT2D eigenvalue weighted by Gasteiger charge is -2.06. The Morgan fingerprint density at radius 1 is 0.970 bits per heavy atom. The lowest BCUT2D eigenvalue weighted by molar-refractivity contribution is -0.112. The summed E-state index contributed by atoms with van der Waals surface area (Å²) in [5, 5.41) is 5.71. The van der Waals surface area contributed by atoms with Gasteiger partial charge in [-0.2, -0.15) is 0 Å². The zero-order valence-corrected chi connectivity index (χ0v) is 17.9. The molecule has 0 aliphatic rings. The van der Waals surface area contributed by atoms with Gasteiger partial charge in [0.05, 0.1) is 11.0 Å². The number of aromatic amines is 1. The molecule has 8 heteroatoms. The van der Waals surface area contributed by atoms with E-state index in [1.807, 2.05) is 24.3 Å². The average Bonchev–Trinajstić information content (AvgIpc) is 3.27. The van der Waals surface area contributed by atoms with E-state index in [2.05, 4.69) is 25.6 Å². The second-order valence-corrected chi connectivity index (χ2v) is 7.14. The van der Waals surface area contributed by atoms with E-state index in [4.69, 9.17) is 5.73 Å². The minimum Gasteiger partial charge on any atom is -0.405 e. The van der Waals surface area contributed by atoms with Crippen molar-refractivity contribution in [1.82, 2.24) is 15.0 Å². The molecule has 0 spiro atoms. The van der Waals surface area contributed by atoms with Crippen LogP contribution in [-0.4, -0.2) is 26.8 Å². The fourth-order valence-electron chi connectivity index (χ4n) is 3.25. The van der Waals surface area contributed by atoms with Gasteiger partial charge >= 0.3 is 0 Å². The molecule has 8 nitrogen and oxygen atoms in total. The van der Waals surface area contributed by atoms with Gasteiger partial charge in [-0.3, -0.25) is 14.6 Å². The second kappa shape index (κ2) is 9.61. The van der Waals surface area contributed by atoms with Gasteiger partial charge in [0.25, 0.3) is 11.8 Å². The predicted molar refractivity (Wildman–Crippen MR) is 129 cm³/mol. The Morgan fingerprint density at radius 3 is 2.39 bits per heavy atom. The lowest BCUT2D eigenvalue weighted by Crippen LogP contribution is -2.13. The Hall–Kier alpha value is -4.72. The quantitative estimate of drug-likeness (QED) is 0.265. The Bertz CT molecular complexity index is 1350.